The molecule has 2 heterocycles. The number of fused-ring (bicyclic) bond motifs is 2. The van der Waals surface area contributed by atoms with Crippen molar-refractivity contribution in [3.63, 3.8) is 0 Å². The predicted molar refractivity (Wildman–Crippen MR) is 134 cm³/mol. The van der Waals surface area contributed by atoms with Gasteiger partial charge in [0.25, 0.3) is 5.56 Å². The number of H-pyrrole nitrogens is 1. The Kier molecular flexibility index (Phi) is 5.80. The van der Waals surface area contributed by atoms with Crippen LogP contribution in [0.25, 0.3) is 33.2 Å². The van der Waals surface area contributed by atoms with Crippen molar-refractivity contribution in [2.45, 2.75) is 5.16 Å². The van der Waals surface area contributed by atoms with E-state index in [0.29, 0.717) is 32.3 Å². The first-order chi connectivity index (χ1) is 16.6. The van der Waals surface area contributed by atoms with E-state index in [2.05, 4.69) is 15.0 Å². The van der Waals surface area contributed by atoms with Gasteiger partial charge in [-0.05, 0) is 36.4 Å². The number of hydrogen-bond acceptors (Lipinski definition) is 6. The van der Waals surface area contributed by atoms with Crippen LogP contribution < -0.4 is 5.56 Å². The van der Waals surface area contributed by atoms with Crippen LogP contribution in [0.15, 0.2) is 88.5 Å². The Morgan fingerprint density at radius 3 is 2.50 bits per heavy atom. The normalized spacial score (nSPS) is 12.0. The first-order valence-electron chi connectivity index (χ1n) is 10.2. The monoisotopic (exact) mass is 485 g/mol. The number of hydrogen-bond donors (Lipinski definition) is 2. The number of aliphatic hydroxyl groups excluding tert-OH is 1. The molecule has 0 bridgehead atoms. The van der Waals surface area contributed by atoms with E-state index >= 15 is 0 Å². The molecular formula is C25H16ClN5O2S. The number of para-hydroxylation sites is 4. The smallest absolute Gasteiger partial charge is 0.266 e. The molecule has 0 unspecified atom stereocenters. The number of nitrogens with one attached hydrogen (secondary N) is 1. The van der Waals surface area contributed by atoms with Crippen LogP contribution in [-0.4, -0.2) is 30.4 Å². The van der Waals surface area contributed by atoms with Crippen molar-refractivity contribution in [3.8, 4) is 11.8 Å². The van der Waals surface area contributed by atoms with E-state index < -0.39 is 0 Å². The Labute approximate surface area is 203 Å². The van der Waals surface area contributed by atoms with Crippen molar-refractivity contribution >= 4 is 50.9 Å². The van der Waals surface area contributed by atoms with Gasteiger partial charge in [-0.15, -0.1) is 0 Å². The van der Waals surface area contributed by atoms with Crippen LogP contribution in [0.5, 0.6) is 0 Å². The van der Waals surface area contributed by atoms with E-state index in [-0.39, 0.29) is 28.5 Å². The highest BCUT2D eigenvalue weighted by atomic mass is 35.5. The van der Waals surface area contributed by atoms with E-state index in [1.807, 2.05) is 30.3 Å². The third kappa shape index (κ3) is 3.92. The lowest BCUT2D eigenvalue weighted by Crippen LogP contribution is -2.22. The minimum atomic E-state index is -0.275. The molecule has 5 aromatic rings. The summed E-state index contributed by atoms with van der Waals surface area (Å²) in [7, 11) is 0. The summed E-state index contributed by atoms with van der Waals surface area (Å²) in [5, 5.41) is 21.7. The molecule has 0 spiro atoms. The van der Waals surface area contributed by atoms with E-state index in [1.165, 1.54) is 4.57 Å². The largest absolute Gasteiger partial charge is 0.510 e. The van der Waals surface area contributed by atoms with E-state index in [9.17, 15) is 15.2 Å². The summed E-state index contributed by atoms with van der Waals surface area (Å²) in [6, 6.07) is 23.4. The van der Waals surface area contributed by atoms with Crippen molar-refractivity contribution in [1.82, 2.24) is 19.5 Å². The number of allylic oxidation sites excluding steroid dienone is 1. The quantitative estimate of drug-likeness (QED) is 0.147. The molecule has 3 aromatic carbocycles. The van der Waals surface area contributed by atoms with Crippen molar-refractivity contribution < 1.29 is 5.11 Å². The maximum Gasteiger partial charge on any atom is 0.266 e. The second-order valence-corrected chi connectivity index (χ2v) is 8.68. The van der Waals surface area contributed by atoms with Gasteiger partial charge in [0.15, 0.2) is 11.0 Å². The highest BCUT2D eigenvalue weighted by molar-refractivity contribution is 7.99. The van der Waals surface area contributed by atoms with Crippen molar-refractivity contribution in [2.75, 3.05) is 5.75 Å². The number of aromatic nitrogens is 4. The molecule has 2 N–H and O–H groups in total. The van der Waals surface area contributed by atoms with Crippen molar-refractivity contribution in [1.29, 1.82) is 5.26 Å². The Balaban J connectivity index is 1.58. The predicted octanol–water partition coefficient (Wildman–Crippen LogP) is 5.50. The van der Waals surface area contributed by atoms with Crippen LogP contribution in [0, 0.1) is 11.3 Å². The maximum atomic E-state index is 13.4. The molecule has 0 radical (unpaired) electrons. The SMILES string of the molecule is N#CC(=C(O)CSc1nc2ccccc2c(=O)n1-c1ccccc1Cl)c1nc2ccccc2[nH]1. The third-order valence-corrected chi connectivity index (χ3v) is 6.47. The Morgan fingerprint density at radius 2 is 1.74 bits per heavy atom. The third-order valence-electron chi connectivity index (χ3n) is 5.20. The zero-order chi connectivity index (χ0) is 23.7. The number of benzene rings is 3. The van der Waals surface area contributed by atoms with Crippen LogP contribution in [0.4, 0.5) is 0 Å². The number of imidazole rings is 1. The summed E-state index contributed by atoms with van der Waals surface area (Å²) < 4.78 is 1.43. The molecule has 34 heavy (non-hydrogen) atoms. The van der Waals surface area contributed by atoms with Crippen LogP contribution in [0.2, 0.25) is 5.02 Å². The summed E-state index contributed by atoms with van der Waals surface area (Å²) in [5.74, 6) is 0.0891. The molecule has 166 valence electrons. The molecule has 2 aromatic heterocycles. The highest BCUT2D eigenvalue weighted by Gasteiger charge is 2.18. The average molecular weight is 486 g/mol. The highest BCUT2D eigenvalue weighted by Crippen LogP contribution is 2.28. The summed E-state index contributed by atoms with van der Waals surface area (Å²) in [6.45, 7) is 0. The van der Waals surface area contributed by atoms with E-state index in [0.717, 1.165) is 17.3 Å². The molecule has 0 aliphatic heterocycles. The fourth-order valence-electron chi connectivity index (χ4n) is 3.59. The molecule has 0 amide bonds. The summed E-state index contributed by atoms with van der Waals surface area (Å²) in [6.07, 6.45) is 0. The van der Waals surface area contributed by atoms with Crippen LogP contribution >= 0.6 is 23.4 Å². The number of rotatable bonds is 5. The number of aliphatic hydroxyl groups is 1. The van der Waals surface area contributed by atoms with Crippen LogP contribution in [0.3, 0.4) is 0 Å². The number of thioether (sulfide) groups is 1. The minimum absolute atomic E-state index is 0.00479. The lowest BCUT2D eigenvalue weighted by molar-refractivity contribution is 0.420. The van der Waals surface area contributed by atoms with Crippen LogP contribution in [0.1, 0.15) is 5.82 Å². The fraction of sp³-hybridized carbons (Fsp3) is 0.0400. The van der Waals surface area contributed by atoms with E-state index in [1.54, 1.807) is 48.5 Å². The molecule has 7 nitrogen and oxygen atoms in total. The van der Waals surface area contributed by atoms with Gasteiger partial charge in [-0.3, -0.25) is 9.36 Å². The Hall–Kier alpha value is -4.06. The zero-order valence-electron chi connectivity index (χ0n) is 17.6. The molecule has 0 atom stereocenters. The standard InChI is InChI=1S/C25H16ClN5O2S/c26-17-8-2-6-12-21(17)31-24(33)15-7-1-3-9-18(15)30-25(31)34-14-22(32)16(13-27)23-28-19-10-4-5-11-20(19)29-23/h1-12,32H,14H2,(H,28,29). The number of nitrogens with zero attached hydrogens (tertiary/aromatic N) is 4. The van der Waals surface area contributed by atoms with Gasteiger partial charge in [-0.2, -0.15) is 5.26 Å². The molecule has 0 aliphatic rings. The van der Waals surface area contributed by atoms with Gasteiger partial charge in [0, 0.05) is 0 Å². The van der Waals surface area contributed by atoms with Gasteiger partial charge in [-0.25, -0.2) is 9.97 Å². The molecule has 0 aliphatic carbocycles. The molecule has 5 rings (SSSR count). The first-order valence-corrected chi connectivity index (χ1v) is 11.6. The molecule has 9 heteroatoms. The minimum Gasteiger partial charge on any atom is -0.510 e. The van der Waals surface area contributed by atoms with E-state index in [4.69, 9.17) is 11.6 Å². The average Bonchev–Trinajstić information content (AvgIpc) is 3.28. The van der Waals surface area contributed by atoms with Gasteiger partial charge in [-0.1, -0.05) is 59.8 Å². The molecule has 0 saturated carbocycles. The van der Waals surface area contributed by atoms with Crippen molar-refractivity contribution in [3.05, 3.63) is 99.8 Å². The summed E-state index contributed by atoms with van der Waals surface area (Å²) in [4.78, 5) is 25.5. The second-order valence-electron chi connectivity index (χ2n) is 7.33. The number of halogens is 1. The second kappa shape index (κ2) is 9.06. The lowest BCUT2D eigenvalue weighted by Gasteiger charge is -2.14. The van der Waals surface area contributed by atoms with Gasteiger partial charge >= 0.3 is 0 Å². The maximum absolute atomic E-state index is 13.4. The summed E-state index contributed by atoms with van der Waals surface area (Å²) in [5.41, 5.74) is 2.21. The molecular weight excluding hydrogens is 470 g/mol. The summed E-state index contributed by atoms with van der Waals surface area (Å²) >= 11 is 7.52. The number of nitriles is 1. The molecule has 0 fully saturated rings. The van der Waals surface area contributed by atoms with Gasteiger partial charge in [0.05, 0.1) is 38.4 Å². The zero-order valence-corrected chi connectivity index (χ0v) is 19.1. The van der Waals surface area contributed by atoms with Gasteiger partial charge < -0.3 is 10.1 Å². The molecule has 0 saturated heterocycles. The Bertz CT molecular complexity index is 1650. The van der Waals surface area contributed by atoms with Gasteiger partial charge in [0.2, 0.25) is 0 Å². The number of aromatic amines is 1. The lowest BCUT2D eigenvalue weighted by atomic mass is 10.2. The van der Waals surface area contributed by atoms with Gasteiger partial charge in [0.1, 0.15) is 17.4 Å². The topological polar surface area (TPSA) is 108 Å². The van der Waals surface area contributed by atoms with Crippen molar-refractivity contribution in [2.24, 2.45) is 0 Å². The Morgan fingerprint density at radius 1 is 1.03 bits per heavy atom. The first kappa shape index (κ1) is 21.8. The van der Waals surface area contributed by atoms with Crippen LogP contribution in [-0.2, 0) is 0 Å². The fourth-order valence-corrected chi connectivity index (χ4v) is 4.69.